The minimum absolute atomic E-state index is 0.0743. The van der Waals surface area contributed by atoms with Gasteiger partial charge in [0.2, 0.25) is 5.91 Å². The highest BCUT2D eigenvalue weighted by Crippen LogP contribution is 2.34. The predicted octanol–water partition coefficient (Wildman–Crippen LogP) is 3.26. The topological polar surface area (TPSA) is 49.9 Å². The van der Waals surface area contributed by atoms with Gasteiger partial charge in [0.25, 0.3) is 0 Å². The lowest BCUT2D eigenvalue weighted by Gasteiger charge is -2.24. The third kappa shape index (κ3) is 3.22. The fourth-order valence-electron chi connectivity index (χ4n) is 3.23. The fraction of sp³-hybridized carbons (Fsp3) is 0.300. The number of amides is 3. The molecule has 0 radical (unpaired) electrons. The van der Waals surface area contributed by atoms with E-state index in [1.54, 1.807) is 19.1 Å². The van der Waals surface area contributed by atoms with E-state index in [2.05, 4.69) is 0 Å². The van der Waals surface area contributed by atoms with Gasteiger partial charge in [-0.25, -0.2) is 4.79 Å². The molecule has 0 aliphatic carbocycles. The van der Waals surface area contributed by atoms with Crippen LogP contribution < -0.4 is 4.74 Å². The summed E-state index contributed by atoms with van der Waals surface area (Å²) in [5, 5.41) is 0. The van der Waals surface area contributed by atoms with Gasteiger partial charge in [0.15, 0.2) is 0 Å². The molecular formula is C20H22N2O3. The molecule has 2 unspecified atom stereocenters. The Balaban J connectivity index is 1.86. The van der Waals surface area contributed by atoms with E-state index in [1.165, 1.54) is 4.90 Å². The summed E-state index contributed by atoms with van der Waals surface area (Å²) in [4.78, 5) is 28.6. The molecule has 2 atom stereocenters. The molecule has 2 aromatic carbocycles. The Morgan fingerprint density at radius 1 is 1.08 bits per heavy atom. The Morgan fingerprint density at radius 3 is 2.32 bits per heavy atom. The Hall–Kier alpha value is -2.82. The molecule has 5 nitrogen and oxygen atoms in total. The molecule has 130 valence electrons. The average molecular weight is 338 g/mol. The fourth-order valence-corrected chi connectivity index (χ4v) is 3.23. The van der Waals surface area contributed by atoms with Crippen molar-refractivity contribution >= 4 is 11.9 Å². The van der Waals surface area contributed by atoms with E-state index in [0.717, 1.165) is 16.9 Å². The quantitative estimate of drug-likeness (QED) is 0.860. The molecule has 0 N–H and O–H groups in total. The Morgan fingerprint density at radius 2 is 1.72 bits per heavy atom. The molecule has 3 rings (SSSR count). The summed E-state index contributed by atoms with van der Waals surface area (Å²) in [6.07, 6.45) is 0.180. The molecule has 2 aromatic rings. The molecule has 25 heavy (non-hydrogen) atoms. The zero-order valence-electron chi connectivity index (χ0n) is 14.7. The molecule has 1 aliphatic heterocycles. The average Bonchev–Trinajstić information content (AvgIpc) is 2.87. The molecule has 1 fully saturated rings. The molecule has 1 saturated heterocycles. The molecule has 3 amide bonds. The zero-order valence-corrected chi connectivity index (χ0v) is 14.7. The molecule has 0 spiro atoms. The van der Waals surface area contributed by atoms with Crippen molar-refractivity contribution in [3.8, 4) is 5.75 Å². The van der Waals surface area contributed by atoms with Crippen LogP contribution in [0.5, 0.6) is 5.75 Å². The van der Waals surface area contributed by atoms with Crippen molar-refractivity contribution in [3.05, 3.63) is 65.7 Å². The van der Waals surface area contributed by atoms with Crippen LogP contribution in [-0.4, -0.2) is 41.9 Å². The van der Waals surface area contributed by atoms with Crippen molar-refractivity contribution in [2.24, 2.45) is 0 Å². The van der Waals surface area contributed by atoms with Crippen LogP contribution in [0.4, 0.5) is 4.79 Å². The summed E-state index contributed by atoms with van der Waals surface area (Å²) in [7, 11) is 3.34. The van der Waals surface area contributed by atoms with Crippen molar-refractivity contribution < 1.29 is 14.3 Å². The van der Waals surface area contributed by atoms with Crippen molar-refractivity contribution in [2.75, 3.05) is 14.2 Å². The van der Waals surface area contributed by atoms with Gasteiger partial charge in [0.05, 0.1) is 25.6 Å². The van der Waals surface area contributed by atoms with Crippen LogP contribution >= 0.6 is 0 Å². The lowest BCUT2D eigenvalue weighted by Crippen LogP contribution is -2.37. The van der Waals surface area contributed by atoms with Crippen molar-refractivity contribution in [1.29, 1.82) is 0 Å². The standard InChI is InChI=1S/C20H22N2O3/c1-14-19(16-7-5-4-6-8-16)22(20(24)21(14)2)18(23)13-15-9-11-17(25-3)12-10-15/h4-12,14,19H,13H2,1-3H3. The van der Waals surface area contributed by atoms with E-state index >= 15 is 0 Å². The van der Waals surface area contributed by atoms with Crippen LogP contribution in [0.15, 0.2) is 54.6 Å². The summed E-state index contributed by atoms with van der Waals surface area (Å²) < 4.78 is 5.14. The largest absolute Gasteiger partial charge is 0.497 e. The number of hydrogen-bond donors (Lipinski definition) is 0. The van der Waals surface area contributed by atoms with Crippen LogP contribution in [0.1, 0.15) is 24.1 Å². The van der Waals surface area contributed by atoms with Gasteiger partial charge in [-0.1, -0.05) is 42.5 Å². The Kier molecular flexibility index (Phi) is 4.74. The predicted molar refractivity (Wildman–Crippen MR) is 95.3 cm³/mol. The summed E-state index contributed by atoms with van der Waals surface area (Å²) in [5.74, 6) is 0.546. The number of ether oxygens (including phenoxy) is 1. The molecule has 0 bridgehead atoms. The number of nitrogens with zero attached hydrogens (tertiary/aromatic N) is 2. The van der Waals surface area contributed by atoms with E-state index < -0.39 is 0 Å². The van der Waals surface area contributed by atoms with Crippen molar-refractivity contribution in [3.63, 3.8) is 0 Å². The second kappa shape index (κ2) is 6.97. The number of rotatable bonds is 4. The maximum Gasteiger partial charge on any atom is 0.327 e. The van der Waals surface area contributed by atoms with Gasteiger partial charge in [-0.15, -0.1) is 0 Å². The van der Waals surface area contributed by atoms with E-state index in [4.69, 9.17) is 4.74 Å². The highest BCUT2D eigenvalue weighted by molar-refractivity contribution is 5.97. The van der Waals surface area contributed by atoms with Crippen LogP contribution in [0.25, 0.3) is 0 Å². The van der Waals surface area contributed by atoms with Gasteiger partial charge in [-0.05, 0) is 30.2 Å². The normalized spacial score (nSPS) is 20.0. The maximum atomic E-state index is 12.9. The third-order valence-electron chi connectivity index (χ3n) is 4.78. The number of benzene rings is 2. The number of likely N-dealkylation sites (N-methyl/N-ethyl adjacent to an activating group) is 1. The number of urea groups is 1. The van der Waals surface area contributed by atoms with Gasteiger partial charge >= 0.3 is 6.03 Å². The number of carbonyl (C=O) groups excluding carboxylic acids is 2. The monoisotopic (exact) mass is 338 g/mol. The van der Waals surface area contributed by atoms with E-state index in [9.17, 15) is 9.59 Å². The van der Waals surface area contributed by atoms with Crippen LogP contribution in [0.3, 0.4) is 0 Å². The van der Waals surface area contributed by atoms with E-state index in [1.807, 2.05) is 61.5 Å². The SMILES string of the molecule is COc1ccc(CC(=O)N2C(=O)N(C)C(C)C2c2ccccc2)cc1. The second-order valence-corrected chi connectivity index (χ2v) is 6.28. The zero-order chi connectivity index (χ0) is 18.0. The van der Waals surface area contributed by atoms with Gasteiger partial charge in [-0.3, -0.25) is 9.69 Å². The van der Waals surface area contributed by atoms with Crippen LogP contribution in [0, 0.1) is 0 Å². The third-order valence-corrected chi connectivity index (χ3v) is 4.78. The van der Waals surface area contributed by atoms with E-state index in [-0.39, 0.29) is 30.4 Å². The lowest BCUT2D eigenvalue weighted by atomic mass is 10.00. The molecule has 0 saturated carbocycles. The number of carbonyl (C=O) groups is 2. The summed E-state index contributed by atoms with van der Waals surface area (Å²) in [5.41, 5.74) is 1.82. The van der Waals surface area contributed by atoms with Crippen LogP contribution in [-0.2, 0) is 11.2 Å². The van der Waals surface area contributed by atoms with Gasteiger partial charge in [0, 0.05) is 7.05 Å². The second-order valence-electron chi connectivity index (χ2n) is 6.28. The first kappa shape index (κ1) is 17.0. The Bertz CT molecular complexity index is 758. The number of hydrogen-bond acceptors (Lipinski definition) is 3. The minimum atomic E-state index is -0.274. The molecule has 5 heteroatoms. The highest BCUT2D eigenvalue weighted by Gasteiger charge is 2.45. The maximum absolute atomic E-state index is 12.9. The van der Waals surface area contributed by atoms with Crippen molar-refractivity contribution in [1.82, 2.24) is 9.80 Å². The lowest BCUT2D eigenvalue weighted by molar-refractivity contribution is -0.128. The van der Waals surface area contributed by atoms with Crippen LogP contribution in [0.2, 0.25) is 0 Å². The highest BCUT2D eigenvalue weighted by atomic mass is 16.5. The van der Waals surface area contributed by atoms with Gasteiger partial charge in [0.1, 0.15) is 5.75 Å². The van der Waals surface area contributed by atoms with Gasteiger partial charge < -0.3 is 9.64 Å². The summed E-state index contributed by atoms with van der Waals surface area (Å²) >= 11 is 0. The molecule has 1 aliphatic rings. The molecular weight excluding hydrogens is 316 g/mol. The smallest absolute Gasteiger partial charge is 0.327 e. The molecule has 0 aromatic heterocycles. The van der Waals surface area contributed by atoms with Crippen molar-refractivity contribution in [2.45, 2.75) is 25.4 Å². The number of imide groups is 1. The van der Waals surface area contributed by atoms with E-state index in [0.29, 0.717) is 0 Å². The first-order valence-corrected chi connectivity index (χ1v) is 8.29. The summed E-state index contributed by atoms with van der Waals surface area (Å²) in [6.45, 7) is 1.97. The minimum Gasteiger partial charge on any atom is -0.497 e. The Labute approximate surface area is 147 Å². The summed E-state index contributed by atoms with van der Waals surface area (Å²) in [6, 6.07) is 16.4. The molecule has 1 heterocycles. The first-order valence-electron chi connectivity index (χ1n) is 8.29. The first-order chi connectivity index (χ1) is 12.0. The van der Waals surface area contributed by atoms with Gasteiger partial charge in [-0.2, -0.15) is 0 Å². The number of methoxy groups -OCH3 is 1.